The molecule has 206 valence electrons. The Bertz CT molecular complexity index is 1560. The number of fused-ring (bicyclic) bond motifs is 1. The highest BCUT2D eigenvalue weighted by Crippen LogP contribution is 2.35. The summed E-state index contributed by atoms with van der Waals surface area (Å²) in [6.45, 7) is 5.03. The highest BCUT2D eigenvalue weighted by atomic mass is 79.9. The van der Waals surface area contributed by atoms with E-state index in [2.05, 4.69) is 31.9 Å². The fourth-order valence-electron chi connectivity index (χ4n) is 4.11. The summed E-state index contributed by atoms with van der Waals surface area (Å²) in [4.78, 5) is 46.5. The van der Waals surface area contributed by atoms with Crippen molar-refractivity contribution in [3.8, 4) is 11.3 Å². The van der Waals surface area contributed by atoms with Crippen LogP contribution in [0, 0.1) is 0 Å². The number of nitrogens with zero attached hydrogens (tertiary/aromatic N) is 3. The maximum atomic E-state index is 14.7. The summed E-state index contributed by atoms with van der Waals surface area (Å²) >= 11 is 7.03. The van der Waals surface area contributed by atoms with E-state index in [1.165, 1.54) is 7.11 Å². The molecule has 0 radical (unpaired) electrons. The molecule has 1 aromatic heterocycles. The molecule has 0 aliphatic rings. The number of rotatable bonds is 4. The van der Waals surface area contributed by atoms with Gasteiger partial charge in [-0.25, -0.2) is 14.6 Å². The number of carbonyl (C=O) groups excluding carboxylic acids is 3. The number of halogens is 2. The number of anilines is 1. The van der Waals surface area contributed by atoms with Crippen LogP contribution in [-0.4, -0.2) is 40.8 Å². The topological polar surface area (TPSA) is 89.0 Å². The number of methoxy groups -OCH3 is 1. The molecule has 40 heavy (non-hydrogen) atoms. The summed E-state index contributed by atoms with van der Waals surface area (Å²) in [5.41, 5.74) is 1.85. The minimum Gasteiger partial charge on any atom is -0.451 e. The number of pyridine rings is 1. The third kappa shape index (κ3) is 6.18. The molecule has 3 amide bonds. The SMILES string of the molecule is COC(=O)N(c1ccccc1)N(C(=O)OC(C)(C)C)C(=O)c1c(CBr)c(-c2ccccc2)nc2cc(Br)ccc12. The van der Waals surface area contributed by atoms with Crippen LogP contribution in [0.1, 0.15) is 36.7 Å². The predicted molar refractivity (Wildman–Crippen MR) is 161 cm³/mol. The maximum Gasteiger partial charge on any atom is 0.437 e. The first-order valence-corrected chi connectivity index (χ1v) is 14.2. The number of hydrazine groups is 1. The number of hydrogen-bond acceptors (Lipinski definition) is 6. The second-order valence-electron chi connectivity index (χ2n) is 9.69. The van der Waals surface area contributed by atoms with Crippen molar-refractivity contribution in [2.75, 3.05) is 12.1 Å². The average molecular weight is 669 g/mol. The van der Waals surface area contributed by atoms with Crippen molar-refractivity contribution in [3.05, 3.63) is 94.5 Å². The van der Waals surface area contributed by atoms with E-state index in [0.29, 0.717) is 27.2 Å². The molecule has 0 aliphatic carbocycles. The van der Waals surface area contributed by atoms with Crippen LogP contribution in [0.4, 0.5) is 15.3 Å². The lowest BCUT2D eigenvalue weighted by Gasteiger charge is -2.34. The smallest absolute Gasteiger partial charge is 0.437 e. The van der Waals surface area contributed by atoms with Crippen LogP contribution in [0.5, 0.6) is 0 Å². The lowest BCUT2D eigenvalue weighted by atomic mass is 9.97. The van der Waals surface area contributed by atoms with Crippen LogP contribution in [-0.2, 0) is 14.8 Å². The van der Waals surface area contributed by atoms with Gasteiger partial charge in [0.15, 0.2) is 0 Å². The van der Waals surface area contributed by atoms with Gasteiger partial charge in [-0.15, -0.1) is 5.01 Å². The molecular formula is C30H27Br2N3O5. The van der Waals surface area contributed by atoms with E-state index >= 15 is 0 Å². The fraction of sp³-hybridized carbons (Fsp3) is 0.200. The highest BCUT2D eigenvalue weighted by Gasteiger charge is 2.39. The minimum absolute atomic E-state index is 0.184. The monoisotopic (exact) mass is 667 g/mol. The van der Waals surface area contributed by atoms with Gasteiger partial charge in [-0.05, 0) is 45.0 Å². The first kappa shape index (κ1) is 29.2. The Hall–Kier alpha value is -3.76. The zero-order valence-electron chi connectivity index (χ0n) is 22.4. The summed E-state index contributed by atoms with van der Waals surface area (Å²) in [5, 5.41) is 2.29. The number of para-hydroxylation sites is 1. The van der Waals surface area contributed by atoms with Gasteiger partial charge < -0.3 is 9.47 Å². The molecular weight excluding hydrogens is 642 g/mol. The van der Waals surface area contributed by atoms with E-state index in [0.717, 1.165) is 15.0 Å². The van der Waals surface area contributed by atoms with Crippen molar-refractivity contribution in [1.82, 2.24) is 9.99 Å². The van der Waals surface area contributed by atoms with Crippen molar-refractivity contribution >= 4 is 66.5 Å². The number of imide groups is 1. The Morgan fingerprint density at radius 1 is 0.900 bits per heavy atom. The highest BCUT2D eigenvalue weighted by molar-refractivity contribution is 9.10. The Morgan fingerprint density at radius 3 is 2.10 bits per heavy atom. The van der Waals surface area contributed by atoms with Crippen LogP contribution in [0.2, 0.25) is 0 Å². The van der Waals surface area contributed by atoms with Gasteiger partial charge in [0.2, 0.25) is 0 Å². The first-order valence-electron chi connectivity index (χ1n) is 12.3. The number of hydrogen-bond donors (Lipinski definition) is 0. The molecule has 0 N–H and O–H groups in total. The van der Waals surface area contributed by atoms with Crippen LogP contribution < -0.4 is 5.01 Å². The summed E-state index contributed by atoms with van der Waals surface area (Å²) in [7, 11) is 1.17. The standard InChI is InChI=1S/C30H27Br2N3O5/c1-30(2,3)40-29(38)35(34(28(37)39-4)21-13-9-6-10-14-21)27(36)25-22-16-15-20(32)17-24(22)33-26(23(25)18-31)19-11-7-5-8-12-19/h5-17H,18H2,1-4H3. The van der Waals surface area contributed by atoms with Crippen molar-refractivity contribution < 1.29 is 23.9 Å². The van der Waals surface area contributed by atoms with Gasteiger partial charge in [0.25, 0.3) is 5.91 Å². The van der Waals surface area contributed by atoms with Crippen LogP contribution in [0.3, 0.4) is 0 Å². The molecule has 0 fully saturated rings. The largest absolute Gasteiger partial charge is 0.451 e. The first-order chi connectivity index (χ1) is 19.1. The van der Waals surface area contributed by atoms with Crippen LogP contribution in [0.25, 0.3) is 22.2 Å². The van der Waals surface area contributed by atoms with E-state index in [4.69, 9.17) is 14.5 Å². The summed E-state index contributed by atoms with van der Waals surface area (Å²) in [6.07, 6.45) is -1.99. The van der Waals surface area contributed by atoms with E-state index in [1.807, 2.05) is 30.3 Å². The van der Waals surface area contributed by atoms with E-state index < -0.39 is 23.7 Å². The van der Waals surface area contributed by atoms with Crippen molar-refractivity contribution in [2.24, 2.45) is 0 Å². The summed E-state index contributed by atoms with van der Waals surface area (Å²) < 4.78 is 11.4. The molecule has 3 aromatic carbocycles. The molecule has 1 heterocycles. The fourth-order valence-corrected chi connectivity index (χ4v) is 5.01. The van der Waals surface area contributed by atoms with Crippen molar-refractivity contribution in [1.29, 1.82) is 0 Å². The Morgan fingerprint density at radius 2 is 1.52 bits per heavy atom. The molecule has 8 nitrogen and oxygen atoms in total. The number of aromatic nitrogens is 1. The van der Waals surface area contributed by atoms with E-state index in [-0.39, 0.29) is 16.6 Å². The molecule has 4 rings (SSSR count). The van der Waals surface area contributed by atoms with Gasteiger partial charge in [0.1, 0.15) is 5.60 Å². The van der Waals surface area contributed by atoms with Gasteiger partial charge in [-0.3, -0.25) is 4.79 Å². The number of benzene rings is 3. The van der Waals surface area contributed by atoms with Gasteiger partial charge in [-0.2, -0.15) is 5.01 Å². The van der Waals surface area contributed by atoms with Crippen molar-refractivity contribution in [2.45, 2.75) is 31.7 Å². The molecule has 0 spiro atoms. The third-order valence-electron chi connectivity index (χ3n) is 5.75. The van der Waals surface area contributed by atoms with Gasteiger partial charge in [0.05, 0.1) is 29.6 Å². The number of carbonyl (C=O) groups is 3. The summed E-state index contributed by atoms with van der Waals surface area (Å²) in [6, 6.07) is 23.0. The second kappa shape index (κ2) is 12.2. The lowest BCUT2D eigenvalue weighted by molar-refractivity contribution is 0.0214. The van der Waals surface area contributed by atoms with E-state index in [1.54, 1.807) is 69.3 Å². The van der Waals surface area contributed by atoms with Crippen LogP contribution in [0.15, 0.2) is 83.3 Å². The zero-order chi connectivity index (χ0) is 29.0. The zero-order valence-corrected chi connectivity index (χ0v) is 25.5. The Balaban J connectivity index is 2.05. The lowest BCUT2D eigenvalue weighted by Crippen LogP contribution is -2.55. The molecule has 0 unspecified atom stereocenters. The van der Waals surface area contributed by atoms with E-state index in [9.17, 15) is 14.4 Å². The van der Waals surface area contributed by atoms with Gasteiger partial charge >= 0.3 is 12.2 Å². The third-order valence-corrected chi connectivity index (χ3v) is 6.80. The maximum absolute atomic E-state index is 14.7. The average Bonchev–Trinajstić information content (AvgIpc) is 2.93. The summed E-state index contributed by atoms with van der Waals surface area (Å²) in [5.74, 6) is -0.787. The molecule has 10 heteroatoms. The number of alkyl halides is 1. The number of amides is 3. The molecule has 0 saturated heterocycles. The molecule has 4 aromatic rings. The minimum atomic E-state index is -1.05. The quantitative estimate of drug-likeness (QED) is 0.161. The molecule has 0 aliphatic heterocycles. The molecule has 0 saturated carbocycles. The Kier molecular flexibility index (Phi) is 8.90. The number of ether oxygens (including phenoxy) is 2. The molecule has 0 atom stereocenters. The van der Waals surface area contributed by atoms with Gasteiger partial charge in [-0.1, -0.05) is 86.5 Å². The predicted octanol–water partition coefficient (Wildman–Crippen LogP) is 8.12. The van der Waals surface area contributed by atoms with Gasteiger partial charge in [0, 0.05) is 26.3 Å². The van der Waals surface area contributed by atoms with Crippen LogP contribution >= 0.6 is 31.9 Å². The second-order valence-corrected chi connectivity index (χ2v) is 11.2. The Labute approximate surface area is 249 Å². The normalized spacial score (nSPS) is 11.2. The van der Waals surface area contributed by atoms with Crippen molar-refractivity contribution in [3.63, 3.8) is 0 Å². The molecule has 0 bridgehead atoms.